The van der Waals surface area contributed by atoms with Gasteiger partial charge in [0.25, 0.3) is 0 Å². The van der Waals surface area contributed by atoms with E-state index in [9.17, 15) is 24.9 Å². The van der Waals surface area contributed by atoms with Gasteiger partial charge in [-0.05, 0) is 60.3 Å². The van der Waals surface area contributed by atoms with Gasteiger partial charge in [0.2, 0.25) is 11.8 Å². The van der Waals surface area contributed by atoms with Crippen LogP contribution in [0.5, 0.6) is 0 Å². The molecule has 2 heterocycles. The SMILES string of the molecule is CS[C@H]1O[C@@H](c2ccc(C)c(Cc3ccc(CCCC(=O)NCCN4CCN(C)C(=O)C4)cc3)c2)[C@H](O)[C@@H](O)[C@@H]1O. The van der Waals surface area contributed by atoms with Crippen LogP contribution in [0.2, 0.25) is 0 Å². The van der Waals surface area contributed by atoms with Crippen LogP contribution in [0, 0.1) is 6.92 Å². The van der Waals surface area contributed by atoms with Gasteiger partial charge in [0.15, 0.2) is 0 Å². The maximum Gasteiger partial charge on any atom is 0.236 e. The van der Waals surface area contributed by atoms with Gasteiger partial charge < -0.3 is 30.3 Å². The first kappa shape index (κ1) is 31.5. The summed E-state index contributed by atoms with van der Waals surface area (Å²) in [7, 11) is 1.82. The minimum Gasteiger partial charge on any atom is -0.387 e. The van der Waals surface area contributed by atoms with Gasteiger partial charge in [0.1, 0.15) is 29.9 Å². The van der Waals surface area contributed by atoms with E-state index in [1.807, 2.05) is 32.2 Å². The second-order valence-corrected chi connectivity index (χ2v) is 12.0. The lowest BCUT2D eigenvalue weighted by Gasteiger charge is -2.40. The highest BCUT2D eigenvalue weighted by Crippen LogP contribution is 2.36. The first-order valence-electron chi connectivity index (χ1n) is 14.3. The molecule has 0 spiro atoms. The molecule has 5 atom stereocenters. The fourth-order valence-corrected chi connectivity index (χ4v) is 5.98. The summed E-state index contributed by atoms with van der Waals surface area (Å²) in [4.78, 5) is 27.9. The van der Waals surface area contributed by atoms with Crippen LogP contribution >= 0.6 is 11.8 Å². The molecule has 10 heteroatoms. The van der Waals surface area contributed by atoms with Crippen molar-refractivity contribution in [1.29, 1.82) is 0 Å². The number of hydrogen-bond donors (Lipinski definition) is 4. The molecule has 4 N–H and O–H groups in total. The summed E-state index contributed by atoms with van der Waals surface area (Å²) in [6.07, 6.45) is 0.203. The minimum atomic E-state index is -1.27. The number of nitrogens with zero attached hydrogens (tertiary/aromatic N) is 2. The molecule has 0 radical (unpaired) electrons. The average molecular weight is 586 g/mol. The Bertz CT molecular complexity index is 1180. The molecule has 224 valence electrons. The fraction of sp³-hybridized carbons (Fsp3) is 0.548. The van der Waals surface area contributed by atoms with Gasteiger partial charge in [-0.2, -0.15) is 0 Å². The van der Waals surface area contributed by atoms with Crippen LogP contribution in [0.25, 0.3) is 0 Å². The number of aryl methyl sites for hydroxylation is 2. The van der Waals surface area contributed by atoms with Crippen LogP contribution < -0.4 is 5.32 Å². The summed E-state index contributed by atoms with van der Waals surface area (Å²) in [5.41, 5.74) is 4.71. The largest absolute Gasteiger partial charge is 0.387 e. The summed E-state index contributed by atoms with van der Waals surface area (Å²) < 4.78 is 5.95. The number of piperazine rings is 1. The maximum atomic E-state index is 12.3. The Balaban J connectivity index is 1.24. The number of carbonyl (C=O) groups is 2. The predicted octanol–water partition coefficient (Wildman–Crippen LogP) is 1.64. The Morgan fingerprint density at radius 2 is 1.78 bits per heavy atom. The zero-order valence-electron chi connectivity index (χ0n) is 24.2. The van der Waals surface area contributed by atoms with Crippen molar-refractivity contribution in [3.05, 3.63) is 70.3 Å². The van der Waals surface area contributed by atoms with Gasteiger partial charge in [0.05, 0.1) is 6.54 Å². The molecule has 9 nitrogen and oxygen atoms in total. The number of thioether (sulfide) groups is 1. The molecule has 0 aliphatic carbocycles. The zero-order valence-corrected chi connectivity index (χ0v) is 25.0. The van der Waals surface area contributed by atoms with Crippen molar-refractivity contribution < 1.29 is 29.6 Å². The van der Waals surface area contributed by atoms with Crippen LogP contribution in [0.15, 0.2) is 42.5 Å². The summed E-state index contributed by atoms with van der Waals surface area (Å²) in [6.45, 7) is 5.27. The second-order valence-electron chi connectivity index (χ2n) is 11.1. The average Bonchev–Trinajstić information content (AvgIpc) is 2.96. The van der Waals surface area contributed by atoms with Crippen LogP contribution in [0.1, 0.15) is 46.8 Å². The molecule has 2 aliphatic heterocycles. The first-order valence-corrected chi connectivity index (χ1v) is 15.6. The molecule has 2 saturated heterocycles. The molecule has 4 rings (SSSR count). The molecule has 2 aromatic rings. The highest BCUT2D eigenvalue weighted by atomic mass is 32.2. The highest BCUT2D eigenvalue weighted by molar-refractivity contribution is 7.99. The van der Waals surface area contributed by atoms with E-state index in [-0.39, 0.29) is 11.8 Å². The summed E-state index contributed by atoms with van der Waals surface area (Å²) in [5, 5.41) is 34.1. The molecule has 2 aromatic carbocycles. The third-order valence-corrected chi connectivity index (χ3v) is 8.93. The third kappa shape index (κ3) is 8.30. The van der Waals surface area contributed by atoms with E-state index < -0.39 is 29.9 Å². The number of likely N-dealkylation sites (N-methyl/N-ethyl adjacent to an activating group) is 1. The minimum absolute atomic E-state index is 0.0374. The summed E-state index contributed by atoms with van der Waals surface area (Å²) in [6, 6.07) is 14.3. The van der Waals surface area contributed by atoms with E-state index in [4.69, 9.17) is 4.74 Å². The van der Waals surface area contributed by atoms with Gasteiger partial charge in [-0.25, -0.2) is 0 Å². The van der Waals surface area contributed by atoms with E-state index in [0.717, 1.165) is 48.2 Å². The molecule has 2 fully saturated rings. The number of amides is 2. The lowest BCUT2D eigenvalue weighted by molar-refractivity contribution is -0.200. The topological polar surface area (TPSA) is 123 Å². The van der Waals surface area contributed by atoms with E-state index in [0.29, 0.717) is 32.5 Å². The number of aliphatic hydroxyl groups is 3. The molecule has 0 unspecified atom stereocenters. The Morgan fingerprint density at radius 3 is 2.49 bits per heavy atom. The molecule has 41 heavy (non-hydrogen) atoms. The van der Waals surface area contributed by atoms with E-state index in [1.165, 1.54) is 17.3 Å². The van der Waals surface area contributed by atoms with Crippen molar-refractivity contribution in [1.82, 2.24) is 15.1 Å². The quantitative estimate of drug-likeness (QED) is 0.314. The molecule has 0 aromatic heterocycles. The van der Waals surface area contributed by atoms with E-state index >= 15 is 0 Å². The summed E-state index contributed by atoms with van der Waals surface area (Å²) in [5.74, 6) is 0.160. The van der Waals surface area contributed by atoms with Gasteiger partial charge in [-0.15, -0.1) is 11.8 Å². The van der Waals surface area contributed by atoms with Crippen molar-refractivity contribution >= 4 is 23.6 Å². The van der Waals surface area contributed by atoms with Crippen LogP contribution in [-0.4, -0.2) is 107 Å². The van der Waals surface area contributed by atoms with Crippen LogP contribution in [0.4, 0.5) is 0 Å². The molecule has 2 aliphatic rings. The Labute approximate surface area is 246 Å². The van der Waals surface area contributed by atoms with Crippen molar-refractivity contribution in [2.24, 2.45) is 0 Å². The standard InChI is InChI=1S/C31H43N3O6S/c1-20-7-12-23(30-28(38)27(37)29(39)31(40-30)41-3)18-24(20)17-22-10-8-21(9-11-22)5-4-6-25(35)32-13-14-34-16-15-33(2)26(36)19-34/h7-12,18,27-31,37-39H,4-6,13-17,19H2,1-3H3,(H,32,35)/t27-,28-,29+,30+,31-/m1/s1. The number of benzene rings is 2. The number of ether oxygens (including phenoxy) is 1. The van der Waals surface area contributed by atoms with E-state index in [2.05, 4.69) is 34.5 Å². The summed E-state index contributed by atoms with van der Waals surface area (Å²) >= 11 is 1.31. The lowest BCUT2D eigenvalue weighted by Crippen LogP contribution is -2.52. The highest BCUT2D eigenvalue weighted by Gasteiger charge is 2.44. The third-order valence-electron chi connectivity index (χ3n) is 8.08. The monoisotopic (exact) mass is 585 g/mol. The fourth-order valence-electron chi connectivity index (χ4n) is 5.31. The molecule has 0 saturated carbocycles. The van der Waals surface area contributed by atoms with Crippen molar-refractivity contribution in [3.8, 4) is 0 Å². The zero-order chi connectivity index (χ0) is 29.5. The second kappa shape index (κ2) is 14.6. The molecular formula is C31H43N3O6S. The smallest absolute Gasteiger partial charge is 0.236 e. The van der Waals surface area contributed by atoms with Crippen molar-refractivity contribution in [3.63, 3.8) is 0 Å². The maximum absolute atomic E-state index is 12.3. The number of rotatable bonds is 11. The van der Waals surface area contributed by atoms with E-state index in [1.54, 1.807) is 11.2 Å². The lowest BCUT2D eigenvalue weighted by atomic mass is 9.91. The number of aliphatic hydroxyl groups excluding tert-OH is 3. The molecule has 2 amide bonds. The van der Waals surface area contributed by atoms with Crippen molar-refractivity contribution in [2.75, 3.05) is 46.0 Å². The van der Waals surface area contributed by atoms with Crippen molar-refractivity contribution in [2.45, 2.75) is 62.5 Å². The first-order chi connectivity index (χ1) is 19.7. The number of hydrogen-bond acceptors (Lipinski definition) is 8. The number of nitrogens with one attached hydrogen (secondary N) is 1. The van der Waals surface area contributed by atoms with Crippen LogP contribution in [-0.2, 0) is 27.2 Å². The van der Waals surface area contributed by atoms with Gasteiger partial charge in [-0.1, -0.05) is 42.5 Å². The van der Waals surface area contributed by atoms with Crippen LogP contribution in [0.3, 0.4) is 0 Å². The number of carbonyl (C=O) groups excluding carboxylic acids is 2. The van der Waals surface area contributed by atoms with Gasteiger partial charge in [0, 0.05) is 39.6 Å². The Kier molecular flexibility index (Phi) is 11.2. The molecule has 0 bridgehead atoms. The Hall–Kier alpha value is -2.47. The normalized spacial score (nSPS) is 25.4. The molecular weight excluding hydrogens is 542 g/mol. The van der Waals surface area contributed by atoms with Gasteiger partial charge >= 0.3 is 0 Å². The Morgan fingerprint density at radius 1 is 1.05 bits per heavy atom. The van der Waals surface area contributed by atoms with Gasteiger partial charge in [-0.3, -0.25) is 14.5 Å². The predicted molar refractivity (Wildman–Crippen MR) is 160 cm³/mol.